The van der Waals surface area contributed by atoms with E-state index in [0.717, 1.165) is 17.9 Å². The molecule has 0 N–H and O–H groups in total. The Labute approximate surface area is 120 Å². The van der Waals surface area contributed by atoms with Crippen molar-refractivity contribution in [1.29, 1.82) is 0 Å². The number of hydrogen-bond acceptors (Lipinski definition) is 1. The van der Waals surface area contributed by atoms with Crippen molar-refractivity contribution in [3.05, 3.63) is 71.3 Å². The average Bonchev–Trinajstić information content (AvgIpc) is 2.45. The maximum absolute atomic E-state index is 12.0. The summed E-state index contributed by atoms with van der Waals surface area (Å²) in [5.41, 5.74) is 3.55. The van der Waals surface area contributed by atoms with Gasteiger partial charge in [0.25, 0.3) is 0 Å². The van der Waals surface area contributed by atoms with Crippen LogP contribution in [0.3, 0.4) is 0 Å². The van der Waals surface area contributed by atoms with Crippen molar-refractivity contribution < 1.29 is 4.79 Å². The van der Waals surface area contributed by atoms with Gasteiger partial charge in [0.2, 0.25) is 0 Å². The minimum absolute atomic E-state index is 0.230. The summed E-state index contributed by atoms with van der Waals surface area (Å²) < 4.78 is 0. The van der Waals surface area contributed by atoms with E-state index in [1.165, 1.54) is 30.4 Å². The van der Waals surface area contributed by atoms with Crippen molar-refractivity contribution in [3.63, 3.8) is 0 Å². The predicted octanol–water partition coefficient (Wildman–Crippen LogP) is 4.77. The van der Waals surface area contributed by atoms with Gasteiger partial charge in [0, 0.05) is 12.0 Å². The van der Waals surface area contributed by atoms with Crippen LogP contribution < -0.4 is 0 Å². The molecule has 0 spiro atoms. The van der Waals surface area contributed by atoms with Crippen molar-refractivity contribution in [3.8, 4) is 0 Å². The average molecular weight is 264 g/mol. The van der Waals surface area contributed by atoms with Gasteiger partial charge in [-0.15, -0.1) is 0 Å². The first-order valence-corrected chi connectivity index (χ1v) is 7.50. The van der Waals surface area contributed by atoms with Crippen LogP contribution in [0.25, 0.3) is 0 Å². The number of ketones is 1. The summed E-state index contributed by atoms with van der Waals surface area (Å²) in [6.45, 7) is 0. The standard InChI is InChI=1S/C19H20O/c20-19(18-5-2-1-3-6-18)14-11-15-9-12-17(13-10-15)16-7-4-8-16/h1-3,5-6,9-10,12-13,16H,4,7-8,11,14H2. The van der Waals surface area contributed by atoms with Crippen molar-refractivity contribution in [1.82, 2.24) is 0 Å². The Morgan fingerprint density at radius 3 is 2.25 bits per heavy atom. The molecule has 2 aromatic rings. The van der Waals surface area contributed by atoms with Crippen molar-refractivity contribution in [2.24, 2.45) is 0 Å². The Kier molecular flexibility index (Phi) is 3.96. The van der Waals surface area contributed by atoms with E-state index >= 15 is 0 Å². The molecule has 0 bridgehead atoms. The molecule has 20 heavy (non-hydrogen) atoms. The highest BCUT2D eigenvalue weighted by molar-refractivity contribution is 5.96. The van der Waals surface area contributed by atoms with Gasteiger partial charge in [0.1, 0.15) is 0 Å². The van der Waals surface area contributed by atoms with Crippen molar-refractivity contribution in [2.75, 3.05) is 0 Å². The lowest BCUT2D eigenvalue weighted by atomic mass is 9.80. The lowest BCUT2D eigenvalue weighted by molar-refractivity contribution is 0.0983. The van der Waals surface area contributed by atoms with Crippen LogP contribution in [0.5, 0.6) is 0 Å². The van der Waals surface area contributed by atoms with E-state index in [1.807, 2.05) is 30.3 Å². The van der Waals surface area contributed by atoms with E-state index in [1.54, 1.807) is 0 Å². The molecular formula is C19H20O. The summed E-state index contributed by atoms with van der Waals surface area (Å²) >= 11 is 0. The molecule has 0 heterocycles. The second-order valence-electron chi connectivity index (χ2n) is 5.66. The largest absolute Gasteiger partial charge is 0.294 e. The molecule has 1 heteroatoms. The van der Waals surface area contributed by atoms with Crippen LogP contribution in [0.1, 0.15) is 53.1 Å². The zero-order valence-electron chi connectivity index (χ0n) is 11.7. The molecule has 0 saturated heterocycles. The van der Waals surface area contributed by atoms with Crippen LogP contribution in [0, 0.1) is 0 Å². The van der Waals surface area contributed by atoms with Gasteiger partial charge in [0.15, 0.2) is 5.78 Å². The number of carbonyl (C=O) groups is 1. The Morgan fingerprint density at radius 2 is 1.65 bits per heavy atom. The number of rotatable bonds is 5. The molecule has 0 unspecified atom stereocenters. The van der Waals surface area contributed by atoms with Crippen molar-refractivity contribution >= 4 is 5.78 Å². The molecule has 0 atom stereocenters. The van der Waals surface area contributed by atoms with Crippen LogP contribution in [0.15, 0.2) is 54.6 Å². The van der Waals surface area contributed by atoms with Crippen LogP contribution in [-0.2, 0) is 6.42 Å². The quantitative estimate of drug-likeness (QED) is 0.711. The second-order valence-corrected chi connectivity index (χ2v) is 5.66. The zero-order chi connectivity index (χ0) is 13.8. The smallest absolute Gasteiger partial charge is 0.163 e. The first-order valence-electron chi connectivity index (χ1n) is 7.50. The molecule has 0 radical (unpaired) electrons. The molecule has 1 aliphatic rings. The molecule has 1 saturated carbocycles. The lowest BCUT2D eigenvalue weighted by Crippen LogP contribution is -2.08. The molecular weight excluding hydrogens is 244 g/mol. The zero-order valence-corrected chi connectivity index (χ0v) is 11.7. The Balaban J connectivity index is 1.57. The first kappa shape index (κ1) is 13.1. The number of carbonyl (C=O) groups excluding carboxylic acids is 1. The summed E-state index contributed by atoms with van der Waals surface area (Å²) in [4.78, 5) is 12.0. The molecule has 0 aromatic heterocycles. The molecule has 0 amide bonds. The third-order valence-electron chi connectivity index (χ3n) is 4.29. The Bertz CT molecular complexity index is 564. The van der Waals surface area contributed by atoms with Gasteiger partial charge in [-0.2, -0.15) is 0 Å². The van der Waals surface area contributed by atoms with E-state index in [-0.39, 0.29) is 5.78 Å². The highest BCUT2D eigenvalue weighted by atomic mass is 16.1. The third kappa shape index (κ3) is 2.98. The Hall–Kier alpha value is -1.89. The summed E-state index contributed by atoms with van der Waals surface area (Å²) in [7, 11) is 0. The van der Waals surface area contributed by atoms with Crippen LogP contribution in [0.4, 0.5) is 0 Å². The summed E-state index contributed by atoms with van der Waals surface area (Å²) in [5.74, 6) is 1.02. The van der Waals surface area contributed by atoms with E-state index in [9.17, 15) is 4.79 Å². The highest BCUT2D eigenvalue weighted by Crippen LogP contribution is 2.36. The van der Waals surface area contributed by atoms with Crippen LogP contribution in [0.2, 0.25) is 0 Å². The molecule has 1 aliphatic carbocycles. The van der Waals surface area contributed by atoms with Crippen molar-refractivity contribution in [2.45, 2.75) is 38.0 Å². The SMILES string of the molecule is O=C(CCc1ccc(C2CCC2)cc1)c1ccccc1. The molecule has 1 fully saturated rings. The maximum Gasteiger partial charge on any atom is 0.163 e. The fraction of sp³-hybridized carbons (Fsp3) is 0.316. The van der Waals surface area contributed by atoms with Gasteiger partial charge in [-0.3, -0.25) is 4.79 Å². The predicted molar refractivity (Wildman–Crippen MR) is 82.1 cm³/mol. The van der Waals surface area contributed by atoms with Crippen LogP contribution in [-0.4, -0.2) is 5.78 Å². The van der Waals surface area contributed by atoms with E-state index in [2.05, 4.69) is 24.3 Å². The van der Waals surface area contributed by atoms with Gasteiger partial charge in [0.05, 0.1) is 0 Å². The Morgan fingerprint density at radius 1 is 0.950 bits per heavy atom. The highest BCUT2D eigenvalue weighted by Gasteiger charge is 2.18. The lowest BCUT2D eigenvalue weighted by Gasteiger charge is -2.25. The number of aryl methyl sites for hydroxylation is 1. The summed E-state index contributed by atoms with van der Waals surface area (Å²) in [6.07, 6.45) is 5.47. The summed E-state index contributed by atoms with van der Waals surface area (Å²) in [6, 6.07) is 18.4. The van der Waals surface area contributed by atoms with E-state index in [4.69, 9.17) is 0 Å². The first-order chi connectivity index (χ1) is 9.83. The third-order valence-corrected chi connectivity index (χ3v) is 4.29. The molecule has 102 valence electrons. The number of hydrogen-bond donors (Lipinski definition) is 0. The van der Waals surface area contributed by atoms with Gasteiger partial charge >= 0.3 is 0 Å². The number of Topliss-reactive ketones (excluding diaryl/α,β-unsaturated/α-hetero) is 1. The number of benzene rings is 2. The van der Waals surface area contributed by atoms with Crippen LogP contribution >= 0.6 is 0 Å². The second kappa shape index (κ2) is 6.04. The maximum atomic E-state index is 12.0. The summed E-state index contributed by atoms with van der Waals surface area (Å²) in [5, 5.41) is 0. The molecule has 2 aromatic carbocycles. The normalized spacial score (nSPS) is 14.8. The van der Waals surface area contributed by atoms with Gasteiger partial charge in [-0.25, -0.2) is 0 Å². The molecule has 1 nitrogen and oxygen atoms in total. The van der Waals surface area contributed by atoms with E-state index < -0.39 is 0 Å². The molecule has 0 aliphatic heterocycles. The minimum atomic E-state index is 0.230. The fourth-order valence-electron chi connectivity index (χ4n) is 2.72. The van der Waals surface area contributed by atoms with Gasteiger partial charge < -0.3 is 0 Å². The fourth-order valence-corrected chi connectivity index (χ4v) is 2.72. The topological polar surface area (TPSA) is 17.1 Å². The van der Waals surface area contributed by atoms with E-state index in [0.29, 0.717) is 6.42 Å². The monoisotopic (exact) mass is 264 g/mol. The van der Waals surface area contributed by atoms with Gasteiger partial charge in [-0.1, -0.05) is 61.0 Å². The minimum Gasteiger partial charge on any atom is -0.294 e. The molecule has 3 rings (SSSR count). The van der Waals surface area contributed by atoms with Gasteiger partial charge in [-0.05, 0) is 36.3 Å².